The number of hydrogen-bond donors (Lipinski definition) is 0. The number of hydrogen-bond acceptors (Lipinski definition) is 3. The molecule has 0 fully saturated rings. The molecular weight excluding hydrogens is 619 g/mol. The molecule has 0 saturated carbocycles. The van der Waals surface area contributed by atoms with Crippen molar-refractivity contribution in [3.63, 3.8) is 0 Å². The van der Waals surface area contributed by atoms with Crippen LogP contribution in [0.15, 0.2) is 78.9 Å². The first-order chi connectivity index (χ1) is 23.8. The number of benzene rings is 6. The van der Waals surface area contributed by atoms with Crippen molar-refractivity contribution in [3.8, 4) is 44.5 Å². The van der Waals surface area contributed by atoms with Gasteiger partial charge in [0, 0.05) is 31.8 Å². The second-order valence-electron chi connectivity index (χ2n) is 14.1. The Morgan fingerprint density at radius 2 is 0.940 bits per heavy atom. The van der Waals surface area contributed by atoms with Crippen LogP contribution in [0.2, 0.25) is 0 Å². The van der Waals surface area contributed by atoms with Crippen LogP contribution in [0.3, 0.4) is 0 Å². The Balaban J connectivity index is 1.50. The van der Waals surface area contributed by atoms with Crippen molar-refractivity contribution in [3.05, 3.63) is 89.0 Å². The van der Waals surface area contributed by atoms with E-state index < -0.39 is 0 Å². The van der Waals surface area contributed by atoms with Crippen LogP contribution in [0, 0.1) is 10.1 Å². The molecule has 14 heteroatoms. The van der Waals surface area contributed by atoms with E-state index in [0.717, 1.165) is 37.9 Å². The van der Waals surface area contributed by atoms with Crippen LogP contribution in [0.1, 0.15) is 0 Å². The maximum absolute atomic E-state index is 12.9. The van der Waals surface area contributed by atoms with Gasteiger partial charge in [-0.15, -0.1) is 44.1 Å². The molecule has 230 valence electrons. The molecule has 0 saturated heterocycles. The number of nitro benzene ring substituents is 1. The van der Waals surface area contributed by atoms with Crippen LogP contribution < -0.4 is 54.6 Å². The Labute approximate surface area is 307 Å². The molecule has 0 bridgehead atoms. The van der Waals surface area contributed by atoms with Gasteiger partial charge in [-0.1, -0.05) is 64.3 Å². The summed E-state index contributed by atoms with van der Waals surface area (Å²) in [6, 6.07) is 27.1. The van der Waals surface area contributed by atoms with Gasteiger partial charge in [0.1, 0.15) is 78.5 Å². The molecule has 0 radical (unpaired) electrons. The lowest BCUT2D eigenvalue weighted by Gasteiger charge is -2.24. The van der Waals surface area contributed by atoms with Gasteiger partial charge >= 0.3 is 0 Å². The average Bonchev–Trinajstić information content (AvgIpc) is 3.50. The second kappa shape index (κ2) is 12.7. The monoisotopic (exact) mass is 653 g/mol. The Morgan fingerprint density at radius 3 is 1.48 bits per heavy atom. The van der Waals surface area contributed by atoms with E-state index in [1.165, 1.54) is 75.8 Å². The summed E-state index contributed by atoms with van der Waals surface area (Å²) in [5, 5.41) is 15.2. The number of thiophene rings is 1. The maximum Gasteiger partial charge on any atom is 0.277 e. The van der Waals surface area contributed by atoms with Crippen molar-refractivity contribution in [2.24, 2.45) is 0 Å². The van der Waals surface area contributed by atoms with Crippen LogP contribution in [0.25, 0.3) is 64.7 Å². The molecule has 6 aromatic carbocycles. The number of fused-ring (bicyclic) bond motifs is 3. The zero-order valence-corrected chi connectivity index (χ0v) is 31.5. The van der Waals surface area contributed by atoms with Gasteiger partial charge in [-0.2, -0.15) is 0 Å². The minimum Gasteiger partial charge on any atom is -0.258 e. The molecule has 0 aliphatic carbocycles. The van der Waals surface area contributed by atoms with Crippen LogP contribution in [0.4, 0.5) is 5.69 Å². The van der Waals surface area contributed by atoms with Gasteiger partial charge in [-0.3, -0.25) is 10.1 Å². The summed E-state index contributed by atoms with van der Waals surface area (Å²) >= 11 is 1.69. The Bertz CT molecular complexity index is 2460. The van der Waals surface area contributed by atoms with E-state index in [4.69, 9.17) is 0 Å². The fourth-order valence-electron chi connectivity index (χ4n) is 8.00. The van der Waals surface area contributed by atoms with Crippen molar-refractivity contribution in [1.29, 1.82) is 0 Å². The molecule has 0 unspecified atom stereocenters. The molecule has 0 atom stereocenters. The molecule has 7 rings (SSSR count). The van der Waals surface area contributed by atoms with E-state index in [-0.39, 0.29) is 10.6 Å². The van der Waals surface area contributed by atoms with E-state index in [1.54, 1.807) is 17.4 Å². The molecule has 0 aliphatic heterocycles. The lowest BCUT2D eigenvalue weighted by atomic mass is 9.59. The zero-order chi connectivity index (χ0) is 35.8. The predicted octanol–water partition coefficient (Wildman–Crippen LogP) is -6.79. The average molecular weight is 652 g/mol. The van der Waals surface area contributed by atoms with Crippen LogP contribution >= 0.6 is 11.3 Å². The highest BCUT2D eigenvalue weighted by Gasteiger charge is 2.22. The molecule has 50 heavy (non-hydrogen) atoms. The van der Waals surface area contributed by atoms with Gasteiger partial charge in [0.25, 0.3) is 5.69 Å². The van der Waals surface area contributed by atoms with Crippen LogP contribution in [-0.2, 0) is 0 Å². The first kappa shape index (κ1) is 34.1. The van der Waals surface area contributed by atoms with Gasteiger partial charge in [0.05, 0.1) is 10.5 Å². The first-order valence-electron chi connectivity index (χ1n) is 17.3. The topological polar surface area (TPSA) is 43.1 Å². The summed E-state index contributed by atoms with van der Waals surface area (Å²) in [4.78, 5) is 12.6. The minimum absolute atomic E-state index is 0.114. The molecule has 0 N–H and O–H groups in total. The SMILES string of the molecule is Bc1c(B)c(B)c(-c2cc(-c3ccc(-c4cccc5c4sc4ccccc45)c([N+](=O)[O-])c3)cc(-c3c(B)c(B)c(B)c(B)c3B)c2)c(B)c1B. The molecule has 3 nitrogen and oxygen atoms in total. The van der Waals surface area contributed by atoms with E-state index in [0.29, 0.717) is 5.56 Å². The van der Waals surface area contributed by atoms with Gasteiger partial charge in [0.15, 0.2) is 0 Å². The van der Waals surface area contributed by atoms with Gasteiger partial charge in [-0.05, 0) is 63.7 Å². The van der Waals surface area contributed by atoms with Crippen molar-refractivity contribution in [2.75, 3.05) is 0 Å². The Kier molecular flexibility index (Phi) is 8.67. The van der Waals surface area contributed by atoms with Crippen LogP contribution in [0.5, 0.6) is 0 Å². The van der Waals surface area contributed by atoms with Crippen molar-refractivity contribution >= 4 is 170 Å². The normalized spacial score (nSPS) is 11.4. The summed E-state index contributed by atoms with van der Waals surface area (Å²) < 4.78 is 2.25. The summed E-state index contributed by atoms with van der Waals surface area (Å²) in [6.07, 6.45) is 0. The van der Waals surface area contributed by atoms with Gasteiger partial charge in [0.2, 0.25) is 0 Å². The minimum atomic E-state index is -0.224. The molecule has 0 spiro atoms. The number of rotatable bonds is 5. The predicted molar refractivity (Wildman–Crippen MR) is 250 cm³/mol. The van der Waals surface area contributed by atoms with Crippen molar-refractivity contribution in [1.82, 2.24) is 0 Å². The molecule has 1 heterocycles. The highest BCUT2D eigenvalue weighted by atomic mass is 32.1. The second-order valence-corrected chi connectivity index (χ2v) is 15.1. The lowest BCUT2D eigenvalue weighted by molar-refractivity contribution is -0.384. The van der Waals surface area contributed by atoms with Crippen molar-refractivity contribution < 1.29 is 4.92 Å². The van der Waals surface area contributed by atoms with Gasteiger partial charge in [-0.25, -0.2) is 0 Å². The first-order valence-corrected chi connectivity index (χ1v) is 18.1. The summed E-state index contributed by atoms with van der Waals surface area (Å²) in [7, 11) is 22.2. The Hall–Kier alpha value is -4.41. The quantitative estimate of drug-likeness (QED) is 0.106. The largest absolute Gasteiger partial charge is 0.277 e. The molecular formula is C36H33B10NO2S. The molecule has 0 amide bonds. The molecule has 1 aromatic heterocycles. The summed E-state index contributed by atoms with van der Waals surface area (Å²) in [6.45, 7) is 0. The molecule has 0 aliphatic rings. The third-order valence-corrected chi connectivity index (χ3v) is 13.0. The smallest absolute Gasteiger partial charge is 0.258 e. The fourth-order valence-corrected chi connectivity index (χ4v) is 9.23. The highest BCUT2D eigenvalue weighted by molar-refractivity contribution is 7.26. The lowest BCUT2D eigenvalue weighted by Crippen LogP contribution is -2.55. The van der Waals surface area contributed by atoms with E-state index in [1.807, 2.05) is 30.3 Å². The summed E-state index contributed by atoms with van der Waals surface area (Å²) in [5.41, 5.74) is 21.2. The van der Waals surface area contributed by atoms with E-state index >= 15 is 0 Å². The maximum atomic E-state index is 12.9. The summed E-state index contributed by atoms with van der Waals surface area (Å²) in [5.74, 6) is 0. The zero-order valence-electron chi connectivity index (χ0n) is 30.7. The number of nitrogens with zero attached hydrogens (tertiary/aromatic N) is 1. The van der Waals surface area contributed by atoms with E-state index in [2.05, 4.69) is 121 Å². The van der Waals surface area contributed by atoms with Crippen LogP contribution in [-0.4, -0.2) is 83.4 Å². The highest BCUT2D eigenvalue weighted by Crippen LogP contribution is 2.43. The van der Waals surface area contributed by atoms with E-state index in [9.17, 15) is 10.1 Å². The third-order valence-electron chi connectivity index (χ3n) is 11.7. The van der Waals surface area contributed by atoms with Crippen molar-refractivity contribution in [2.45, 2.75) is 0 Å². The molecule has 7 aromatic rings. The Morgan fingerprint density at radius 1 is 0.460 bits per heavy atom. The van der Waals surface area contributed by atoms with Gasteiger partial charge < -0.3 is 0 Å². The standard InChI is InChI=1S/C36H33B10NO2S/c37-26-24(27(38)31(42)34(45)30(26)41)16-10-15(11-17(12-16)25-28(39)32(43)35(46)33(44)29(25)40)14-8-9-18(22(13-14)47(48)49)20-5-3-6-21-19-4-1-2-7-23(19)50-36(20)21/h1-13H,37-46H2. The fraction of sp³-hybridized carbons (Fsp3) is 0. The number of nitro groups is 1. The third kappa shape index (κ3) is 5.35.